The molecule has 1 N–H and O–H groups in total. The number of nitrogens with one attached hydrogen (secondary N) is 1. The van der Waals surface area contributed by atoms with E-state index in [-0.39, 0.29) is 6.04 Å². The van der Waals surface area contributed by atoms with Crippen molar-refractivity contribution < 1.29 is 9.15 Å². The van der Waals surface area contributed by atoms with E-state index in [4.69, 9.17) is 9.15 Å². The van der Waals surface area contributed by atoms with Gasteiger partial charge >= 0.3 is 0 Å². The summed E-state index contributed by atoms with van der Waals surface area (Å²) in [5.41, 5.74) is 1.24. The van der Waals surface area contributed by atoms with Crippen molar-refractivity contribution >= 4 is 0 Å². The number of ether oxygens (including phenoxy) is 1. The first-order valence-electron chi connectivity index (χ1n) is 7.78. The average Bonchev–Trinajstić information content (AvgIpc) is 3.05. The lowest BCUT2D eigenvalue weighted by molar-refractivity contribution is 0.306. The summed E-state index contributed by atoms with van der Waals surface area (Å²) in [6, 6.07) is 12.4. The Bertz CT molecular complexity index is 490. The number of hydrogen-bond donors (Lipinski definition) is 1. The van der Waals surface area contributed by atoms with Crippen LogP contribution in [0, 0.1) is 0 Å². The van der Waals surface area contributed by atoms with Gasteiger partial charge in [-0.2, -0.15) is 0 Å². The van der Waals surface area contributed by atoms with Gasteiger partial charge in [0.1, 0.15) is 11.5 Å². The molecule has 1 aromatic carbocycles. The normalized spacial score (nSPS) is 12.3. The number of furan rings is 1. The number of unbranched alkanes of at least 4 members (excludes halogenated alkanes) is 2. The lowest BCUT2D eigenvalue weighted by atomic mass is 10.2. The van der Waals surface area contributed by atoms with Crippen molar-refractivity contribution in [2.45, 2.75) is 45.7 Å². The Labute approximate surface area is 127 Å². The topological polar surface area (TPSA) is 34.4 Å². The van der Waals surface area contributed by atoms with E-state index in [0.717, 1.165) is 31.1 Å². The van der Waals surface area contributed by atoms with Gasteiger partial charge in [0.05, 0.1) is 18.9 Å². The van der Waals surface area contributed by atoms with Crippen molar-refractivity contribution in [1.29, 1.82) is 0 Å². The summed E-state index contributed by atoms with van der Waals surface area (Å²) in [7, 11) is 0. The van der Waals surface area contributed by atoms with E-state index in [1.165, 1.54) is 18.4 Å². The number of benzene rings is 1. The molecule has 2 aromatic rings. The first-order chi connectivity index (χ1) is 10.3. The van der Waals surface area contributed by atoms with Crippen molar-refractivity contribution in [3.05, 3.63) is 54.0 Å². The van der Waals surface area contributed by atoms with E-state index >= 15 is 0 Å². The SMILES string of the molecule is CCCCCOc1ccc(CNC(C)c2ccco2)cc1. The third kappa shape index (κ3) is 5.27. The molecular formula is C18H25NO2. The molecule has 0 saturated heterocycles. The fourth-order valence-electron chi connectivity index (χ4n) is 2.15. The van der Waals surface area contributed by atoms with Crippen LogP contribution in [0.15, 0.2) is 47.1 Å². The minimum atomic E-state index is 0.213. The van der Waals surface area contributed by atoms with Crippen molar-refractivity contribution in [1.82, 2.24) is 5.32 Å². The Morgan fingerprint density at radius 2 is 1.95 bits per heavy atom. The molecule has 1 aromatic heterocycles. The predicted octanol–water partition coefficient (Wildman–Crippen LogP) is 4.70. The van der Waals surface area contributed by atoms with Crippen LogP contribution >= 0.6 is 0 Å². The van der Waals surface area contributed by atoms with Gasteiger partial charge in [0, 0.05) is 6.54 Å². The van der Waals surface area contributed by atoms with Crippen molar-refractivity contribution in [2.75, 3.05) is 6.61 Å². The van der Waals surface area contributed by atoms with Gasteiger partial charge in [0.25, 0.3) is 0 Å². The van der Waals surface area contributed by atoms with E-state index in [2.05, 4.69) is 31.3 Å². The highest BCUT2D eigenvalue weighted by Crippen LogP contribution is 2.15. The lowest BCUT2D eigenvalue weighted by Crippen LogP contribution is -2.17. The molecule has 0 saturated carbocycles. The second kappa shape index (κ2) is 8.53. The molecule has 114 valence electrons. The Morgan fingerprint density at radius 3 is 2.62 bits per heavy atom. The highest BCUT2D eigenvalue weighted by Gasteiger charge is 2.07. The Morgan fingerprint density at radius 1 is 1.14 bits per heavy atom. The van der Waals surface area contributed by atoms with Gasteiger partial charge in [-0.25, -0.2) is 0 Å². The molecule has 0 spiro atoms. The summed E-state index contributed by atoms with van der Waals surface area (Å²) in [4.78, 5) is 0. The Hall–Kier alpha value is -1.74. The van der Waals surface area contributed by atoms with E-state index < -0.39 is 0 Å². The molecule has 3 nitrogen and oxygen atoms in total. The maximum absolute atomic E-state index is 5.71. The Kier molecular flexibility index (Phi) is 6.35. The molecule has 1 heterocycles. The molecule has 0 aliphatic carbocycles. The van der Waals surface area contributed by atoms with Crippen LogP contribution in [0.2, 0.25) is 0 Å². The molecular weight excluding hydrogens is 262 g/mol. The van der Waals surface area contributed by atoms with E-state index in [1.807, 2.05) is 24.3 Å². The van der Waals surface area contributed by atoms with Crippen LogP contribution in [0.25, 0.3) is 0 Å². The quantitative estimate of drug-likeness (QED) is 0.679. The Balaban J connectivity index is 1.74. The van der Waals surface area contributed by atoms with E-state index in [1.54, 1.807) is 6.26 Å². The molecule has 1 unspecified atom stereocenters. The van der Waals surface area contributed by atoms with Crippen LogP contribution in [0.5, 0.6) is 5.75 Å². The average molecular weight is 287 g/mol. The molecule has 0 fully saturated rings. The van der Waals surface area contributed by atoms with Gasteiger partial charge in [-0.05, 0) is 43.2 Å². The van der Waals surface area contributed by atoms with Gasteiger partial charge < -0.3 is 14.5 Å². The van der Waals surface area contributed by atoms with Gasteiger partial charge in [-0.1, -0.05) is 31.9 Å². The molecule has 1 atom stereocenters. The van der Waals surface area contributed by atoms with E-state index in [0.29, 0.717) is 0 Å². The molecule has 0 aliphatic rings. The van der Waals surface area contributed by atoms with E-state index in [9.17, 15) is 0 Å². The maximum Gasteiger partial charge on any atom is 0.120 e. The van der Waals surface area contributed by atoms with Crippen molar-refractivity contribution in [2.24, 2.45) is 0 Å². The highest BCUT2D eigenvalue weighted by atomic mass is 16.5. The molecule has 0 aliphatic heterocycles. The summed E-state index contributed by atoms with van der Waals surface area (Å²) >= 11 is 0. The van der Waals surface area contributed by atoms with Crippen LogP contribution in [-0.2, 0) is 6.54 Å². The third-order valence-electron chi connectivity index (χ3n) is 3.52. The smallest absolute Gasteiger partial charge is 0.120 e. The van der Waals surface area contributed by atoms with Crippen LogP contribution < -0.4 is 10.1 Å². The summed E-state index contributed by atoms with van der Waals surface area (Å²) in [5, 5.41) is 3.45. The van der Waals surface area contributed by atoms with Gasteiger partial charge in [-0.3, -0.25) is 0 Å². The second-order valence-electron chi connectivity index (χ2n) is 5.32. The maximum atomic E-state index is 5.71. The molecule has 3 heteroatoms. The fraction of sp³-hybridized carbons (Fsp3) is 0.444. The lowest BCUT2D eigenvalue weighted by Gasteiger charge is -2.12. The summed E-state index contributed by atoms with van der Waals surface area (Å²) in [6.07, 6.45) is 5.28. The van der Waals surface area contributed by atoms with Crippen LogP contribution in [-0.4, -0.2) is 6.61 Å². The zero-order valence-electron chi connectivity index (χ0n) is 13.0. The molecule has 0 bridgehead atoms. The van der Waals surface area contributed by atoms with Crippen molar-refractivity contribution in [3.8, 4) is 5.75 Å². The van der Waals surface area contributed by atoms with Gasteiger partial charge in [0.15, 0.2) is 0 Å². The molecule has 0 amide bonds. The van der Waals surface area contributed by atoms with Gasteiger partial charge in [-0.15, -0.1) is 0 Å². The summed E-state index contributed by atoms with van der Waals surface area (Å²) in [6.45, 7) is 5.93. The zero-order valence-corrected chi connectivity index (χ0v) is 13.0. The molecule has 21 heavy (non-hydrogen) atoms. The fourth-order valence-corrected chi connectivity index (χ4v) is 2.15. The van der Waals surface area contributed by atoms with Crippen molar-refractivity contribution in [3.63, 3.8) is 0 Å². The van der Waals surface area contributed by atoms with Crippen LogP contribution in [0.1, 0.15) is 50.5 Å². The zero-order chi connectivity index (χ0) is 14.9. The first kappa shape index (κ1) is 15.6. The minimum Gasteiger partial charge on any atom is -0.494 e. The summed E-state index contributed by atoms with van der Waals surface area (Å²) in [5.74, 6) is 1.92. The number of rotatable bonds is 9. The van der Waals surface area contributed by atoms with Crippen LogP contribution in [0.4, 0.5) is 0 Å². The molecule has 2 rings (SSSR count). The minimum absolute atomic E-state index is 0.213. The van der Waals surface area contributed by atoms with Crippen LogP contribution in [0.3, 0.4) is 0 Å². The third-order valence-corrected chi connectivity index (χ3v) is 3.52. The molecule has 0 radical (unpaired) electrons. The first-order valence-corrected chi connectivity index (χ1v) is 7.78. The number of hydrogen-bond acceptors (Lipinski definition) is 3. The monoisotopic (exact) mass is 287 g/mol. The standard InChI is InChI=1S/C18H25NO2/c1-3-4-5-12-20-17-10-8-16(9-11-17)14-19-15(2)18-7-6-13-21-18/h6-11,13,15,19H,3-5,12,14H2,1-2H3. The predicted molar refractivity (Wildman–Crippen MR) is 85.4 cm³/mol. The summed E-state index contributed by atoms with van der Waals surface area (Å²) < 4.78 is 11.1. The largest absolute Gasteiger partial charge is 0.494 e. The van der Waals surface area contributed by atoms with Gasteiger partial charge in [0.2, 0.25) is 0 Å². The second-order valence-corrected chi connectivity index (χ2v) is 5.32. The highest BCUT2D eigenvalue weighted by molar-refractivity contribution is 5.27.